The van der Waals surface area contributed by atoms with E-state index in [1.165, 1.54) is 16.3 Å². The fraction of sp³-hybridized carbons (Fsp3) is 0.286. The summed E-state index contributed by atoms with van der Waals surface area (Å²) in [6, 6.07) is 32.5. The molecule has 1 N–H and O–H groups in total. The van der Waals surface area contributed by atoms with Crippen LogP contribution in [0.5, 0.6) is 5.75 Å². The number of phenols is 1. The molecular weight excluding hydrogens is 591 g/mol. The minimum Gasteiger partial charge on any atom is -0.507 e. The number of hydrogen-bond acceptors (Lipinski definition) is 3. The monoisotopic (exact) mass is 637 g/mol. The van der Waals surface area contributed by atoms with E-state index in [2.05, 4.69) is 157 Å². The molecule has 0 saturated carbocycles. The van der Waals surface area contributed by atoms with Crippen molar-refractivity contribution in [3.8, 4) is 50.6 Å². The van der Waals surface area contributed by atoms with Crippen molar-refractivity contribution >= 4 is 24.3 Å². The van der Waals surface area contributed by atoms with Crippen molar-refractivity contribution in [1.29, 1.82) is 0 Å². The van der Waals surface area contributed by atoms with Gasteiger partial charge in [-0.1, -0.05) is 127 Å². The van der Waals surface area contributed by atoms with Gasteiger partial charge in [0.2, 0.25) is 0 Å². The second-order valence-corrected chi connectivity index (χ2v) is 21.0. The minimum absolute atomic E-state index is 0.0819. The molecule has 0 bridgehead atoms. The Labute approximate surface area is 281 Å². The van der Waals surface area contributed by atoms with E-state index in [-0.39, 0.29) is 10.8 Å². The number of para-hydroxylation sites is 1. The highest BCUT2D eigenvalue weighted by molar-refractivity contribution is 6.88. The van der Waals surface area contributed by atoms with Crippen LogP contribution in [0.3, 0.4) is 0 Å². The summed E-state index contributed by atoms with van der Waals surface area (Å²) in [4.78, 5) is 10.0. The number of aryl methyl sites for hydroxylation is 1. The molecule has 5 heteroatoms. The first-order chi connectivity index (χ1) is 22.0. The Morgan fingerprint density at radius 1 is 0.660 bits per heavy atom. The first-order valence-electron chi connectivity index (χ1n) is 16.5. The maximum Gasteiger partial charge on any atom is 0.144 e. The average Bonchev–Trinajstić information content (AvgIpc) is 3.36. The van der Waals surface area contributed by atoms with Gasteiger partial charge in [-0.2, -0.15) is 0 Å². The first-order valence-corrected chi connectivity index (χ1v) is 20.0. The van der Waals surface area contributed by atoms with E-state index in [9.17, 15) is 5.11 Å². The zero-order valence-electron chi connectivity index (χ0n) is 29.5. The third kappa shape index (κ3) is 6.29. The quantitative estimate of drug-likeness (QED) is 0.191. The van der Waals surface area contributed by atoms with Crippen LogP contribution in [0.4, 0.5) is 0 Å². The topological polar surface area (TPSA) is 50.9 Å². The number of aromatic hydroxyl groups is 1. The van der Waals surface area contributed by atoms with E-state index >= 15 is 0 Å². The Balaban J connectivity index is 1.44. The van der Waals surface area contributed by atoms with Gasteiger partial charge in [-0.05, 0) is 63.4 Å². The molecular formula is C42H47N3OSi. The number of pyridine rings is 1. The molecule has 0 fully saturated rings. The molecule has 2 heterocycles. The van der Waals surface area contributed by atoms with Crippen LogP contribution in [0.15, 0.2) is 97.2 Å². The highest BCUT2D eigenvalue weighted by Gasteiger charge is 2.27. The maximum absolute atomic E-state index is 11.7. The van der Waals surface area contributed by atoms with Crippen molar-refractivity contribution in [2.24, 2.45) is 7.05 Å². The Hall–Kier alpha value is -4.48. The van der Waals surface area contributed by atoms with Gasteiger partial charge in [-0.25, -0.2) is 4.98 Å². The van der Waals surface area contributed by atoms with E-state index in [1.807, 2.05) is 13.2 Å². The first kappa shape index (κ1) is 32.5. The summed E-state index contributed by atoms with van der Waals surface area (Å²) in [7, 11) is 0.683. The molecule has 0 spiro atoms. The molecule has 2 aromatic heterocycles. The highest BCUT2D eigenvalue weighted by atomic mass is 28.3. The van der Waals surface area contributed by atoms with Crippen LogP contribution in [0.2, 0.25) is 19.6 Å². The summed E-state index contributed by atoms with van der Waals surface area (Å²) in [6.45, 7) is 20.2. The minimum atomic E-state index is -1.36. The van der Waals surface area contributed by atoms with Crippen LogP contribution in [0, 0.1) is 0 Å². The van der Waals surface area contributed by atoms with Gasteiger partial charge >= 0.3 is 0 Å². The molecule has 0 aliphatic carbocycles. The normalized spacial score (nSPS) is 12.6. The van der Waals surface area contributed by atoms with E-state index in [0.29, 0.717) is 5.75 Å². The Bertz CT molecular complexity index is 2100. The molecule has 0 saturated heterocycles. The maximum atomic E-state index is 11.7. The average molecular weight is 638 g/mol. The van der Waals surface area contributed by atoms with Crippen molar-refractivity contribution in [3.63, 3.8) is 0 Å². The molecule has 240 valence electrons. The number of hydrogen-bond donors (Lipinski definition) is 1. The number of fused-ring (bicyclic) bond motifs is 1. The van der Waals surface area contributed by atoms with Crippen molar-refractivity contribution in [2.45, 2.75) is 72.0 Å². The molecule has 0 aliphatic rings. The number of aromatic nitrogens is 3. The lowest BCUT2D eigenvalue weighted by Crippen LogP contribution is -2.37. The second kappa shape index (κ2) is 11.6. The molecule has 0 atom stereocenters. The van der Waals surface area contributed by atoms with Crippen LogP contribution in [-0.2, 0) is 17.9 Å². The Kier molecular flexibility index (Phi) is 8.04. The van der Waals surface area contributed by atoms with Crippen molar-refractivity contribution < 1.29 is 5.11 Å². The van der Waals surface area contributed by atoms with E-state index < -0.39 is 8.07 Å². The summed E-state index contributed by atoms with van der Waals surface area (Å²) in [5.41, 5.74) is 11.0. The summed E-state index contributed by atoms with van der Waals surface area (Å²) >= 11 is 0. The lowest BCUT2D eigenvalue weighted by Gasteiger charge is -2.27. The lowest BCUT2D eigenvalue weighted by molar-refractivity contribution is 0.446. The van der Waals surface area contributed by atoms with Crippen LogP contribution in [0.1, 0.15) is 52.7 Å². The zero-order valence-corrected chi connectivity index (χ0v) is 30.5. The molecule has 6 rings (SSSR count). The number of nitrogens with zero attached hydrogens (tertiary/aromatic N) is 3. The molecule has 0 amide bonds. The number of imidazole rings is 1. The molecule has 4 aromatic carbocycles. The third-order valence-electron chi connectivity index (χ3n) is 9.25. The molecule has 0 aliphatic heterocycles. The Morgan fingerprint density at radius 3 is 2.00 bits per heavy atom. The highest BCUT2D eigenvalue weighted by Crippen LogP contribution is 2.43. The lowest BCUT2D eigenvalue weighted by atomic mass is 9.79. The summed E-state index contributed by atoms with van der Waals surface area (Å²) in [5, 5.41) is 13.1. The molecule has 47 heavy (non-hydrogen) atoms. The SMILES string of the molecule is Cn1c(-c2cc(C(C)(C)C)cc(C(C)(C)C)c2O)nc2c(-c3cccc(-c4cc(-c5ccc([Si](C)(C)C)cc5)ccn4)c3)cccc21. The van der Waals surface area contributed by atoms with Gasteiger partial charge in [0.1, 0.15) is 11.6 Å². The summed E-state index contributed by atoms with van der Waals surface area (Å²) < 4.78 is 2.11. The number of rotatable bonds is 5. The fourth-order valence-corrected chi connectivity index (χ4v) is 7.44. The molecule has 0 radical (unpaired) electrons. The number of phenolic OH excluding ortho intramolecular Hbond substituents is 1. The van der Waals surface area contributed by atoms with Gasteiger partial charge in [-0.15, -0.1) is 0 Å². The van der Waals surface area contributed by atoms with Gasteiger partial charge in [0, 0.05) is 29.9 Å². The smallest absolute Gasteiger partial charge is 0.144 e. The van der Waals surface area contributed by atoms with E-state index in [0.717, 1.165) is 55.9 Å². The fourth-order valence-electron chi connectivity index (χ4n) is 6.27. The van der Waals surface area contributed by atoms with Gasteiger partial charge in [0.15, 0.2) is 0 Å². The van der Waals surface area contributed by atoms with Crippen LogP contribution < -0.4 is 5.19 Å². The predicted octanol–water partition coefficient (Wildman–Crippen LogP) is 10.5. The largest absolute Gasteiger partial charge is 0.507 e. The van der Waals surface area contributed by atoms with Gasteiger partial charge in [0.25, 0.3) is 0 Å². The van der Waals surface area contributed by atoms with E-state index in [4.69, 9.17) is 9.97 Å². The third-order valence-corrected chi connectivity index (χ3v) is 11.3. The molecule has 6 aromatic rings. The predicted molar refractivity (Wildman–Crippen MR) is 202 cm³/mol. The van der Waals surface area contributed by atoms with Gasteiger partial charge in [0.05, 0.1) is 30.4 Å². The summed E-state index contributed by atoms with van der Waals surface area (Å²) in [5.74, 6) is 1.06. The molecule has 0 unspecified atom stereocenters. The summed E-state index contributed by atoms with van der Waals surface area (Å²) in [6.07, 6.45) is 1.90. The van der Waals surface area contributed by atoms with Crippen molar-refractivity contribution in [3.05, 3.63) is 108 Å². The van der Waals surface area contributed by atoms with E-state index in [1.54, 1.807) is 0 Å². The van der Waals surface area contributed by atoms with Gasteiger partial charge < -0.3 is 9.67 Å². The van der Waals surface area contributed by atoms with Crippen molar-refractivity contribution in [1.82, 2.24) is 14.5 Å². The second-order valence-electron chi connectivity index (χ2n) is 15.9. The van der Waals surface area contributed by atoms with Crippen LogP contribution in [-0.4, -0.2) is 27.7 Å². The standard InChI is InChI=1S/C42H47N3OSi/c1-41(2,3)31-25-34(39(46)35(26-31)42(4,5)6)40-44-38-33(15-12-16-37(38)45(40)7)29-13-11-14-30(23-29)36-24-28(21-22-43-36)27-17-19-32(20-18-27)47(8,9)10/h11-26,46H,1-10H3. The van der Waals surface area contributed by atoms with Crippen LogP contribution >= 0.6 is 0 Å². The Morgan fingerprint density at radius 2 is 1.34 bits per heavy atom. The zero-order chi connectivity index (χ0) is 33.9. The van der Waals surface area contributed by atoms with Gasteiger partial charge in [-0.3, -0.25) is 4.98 Å². The number of benzene rings is 4. The van der Waals surface area contributed by atoms with Crippen molar-refractivity contribution in [2.75, 3.05) is 0 Å². The molecule has 4 nitrogen and oxygen atoms in total. The van der Waals surface area contributed by atoms with Crippen LogP contribution in [0.25, 0.3) is 55.9 Å².